The highest BCUT2D eigenvalue weighted by Gasteiger charge is 2.39. The van der Waals surface area contributed by atoms with Crippen molar-refractivity contribution in [1.82, 2.24) is 4.90 Å². The number of halogens is 4. The van der Waals surface area contributed by atoms with Gasteiger partial charge in [-0.15, -0.1) is 11.6 Å². The molecule has 0 spiro atoms. The normalized spacial score (nSPS) is 23.5. The van der Waals surface area contributed by atoms with Crippen molar-refractivity contribution in [3.05, 3.63) is 0 Å². The van der Waals surface area contributed by atoms with Crippen molar-refractivity contribution in [2.45, 2.75) is 12.3 Å². The highest BCUT2D eigenvalue weighted by molar-refractivity contribution is 6.18. The number of hydrogen-bond acceptors (Lipinski definition) is 2. The zero-order valence-corrected chi connectivity index (χ0v) is 7.23. The van der Waals surface area contributed by atoms with Crippen molar-refractivity contribution in [2.24, 2.45) is 0 Å². The average molecular weight is 218 g/mol. The first-order valence-electron chi connectivity index (χ1n) is 3.50. The zero-order chi connectivity index (χ0) is 10.1. The number of nitrogens with zero attached hydrogens (tertiary/aromatic N) is 1. The molecule has 1 heterocycles. The van der Waals surface area contributed by atoms with Gasteiger partial charge < -0.3 is 4.74 Å². The van der Waals surface area contributed by atoms with E-state index in [9.17, 15) is 18.0 Å². The summed E-state index contributed by atoms with van der Waals surface area (Å²) in [6.45, 7) is -1.37. The van der Waals surface area contributed by atoms with Gasteiger partial charge in [0.1, 0.15) is 12.6 Å². The molecule has 0 N–H and O–H groups in total. The van der Waals surface area contributed by atoms with E-state index in [-0.39, 0.29) is 12.4 Å². The van der Waals surface area contributed by atoms with Crippen LogP contribution in [0.25, 0.3) is 0 Å². The smallest absolute Gasteiger partial charge is 0.410 e. The Kier molecular flexibility index (Phi) is 2.90. The topological polar surface area (TPSA) is 29.5 Å². The van der Waals surface area contributed by atoms with Gasteiger partial charge >= 0.3 is 12.3 Å². The van der Waals surface area contributed by atoms with Gasteiger partial charge in [-0.2, -0.15) is 13.2 Å². The van der Waals surface area contributed by atoms with E-state index in [4.69, 9.17) is 11.6 Å². The summed E-state index contributed by atoms with van der Waals surface area (Å²) in [4.78, 5) is 11.4. The van der Waals surface area contributed by atoms with Gasteiger partial charge in [-0.3, -0.25) is 4.90 Å². The summed E-state index contributed by atoms with van der Waals surface area (Å²) in [5, 5.41) is 0. The molecule has 1 aliphatic heterocycles. The van der Waals surface area contributed by atoms with E-state index in [1.807, 2.05) is 0 Å². The van der Waals surface area contributed by atoms with Gasteiger partial charge in [0, 0.05) is 0 Å². The summed E-state index contributed by atoms with van der Waals surface area (Å²) in [7, 11) is 0. The van der Waals surface area contributed by atoms with Crippen molar-refractivity contribution < 1.29 is 22.7 Å². The number of carbonyl (C=O) groups is 1. The van der Waals surface area contributed by atoms with Gasteiger partial charge in [0.25, 0.3) is 0 Å². The molecular formula is C6H7ClF3NO2. The number of amides is 1. The van der Waals surface area contributed by atoms with E-state index in [1.54, 1.807) is 0 Å². The molecule has 1 amide bonds. The summed E-state index contributed by atoms with van der Waals surface area (Å²) in [5.41, 5.74) is 0. The Morgan fingerprint density at radius 1 is 1.62 bits per heavy atom. The highest BCUT2D eigenvalue weighted by Crippen LogP contribution is 2.21. The Hall–Kier alpha value is -0.650. The van der Waals surface area contributed by atoms with E-state index in [0.29, 0.717) is 4.90 Å². The van der Waals surface area contributed by atoms with Crippen LogP contribution in [0.4, 0.5) is 18.0 Å². The van der Waals surface area contributed by atoms with Gasteiger partial charge in [0.2, 0.25) is 0 Å². The molecule has 1 rings (SSSR count). The second-order valence-corrected chi connectivity index (χ2v) is 2.96. The van der Waals surface area contributed by atoms with Crippen LogP contribution in [0.5, 0.6) is 0 Å². The van der Waals surface area contributed by atoms with Gasteiger partial charge in [-0.25, -0.2) is 4.79 Å². The molecule has 3 nitrogen and oxygen atoms in total. The van der Waals surface area contributed by atoms with Crippen LogP contribution in [-0.4, -0.2) is 42.2 Å². The fourth-order valence-electron chi connectivity index (χ4n) is 1.00. The number of ether oxygens (including phenoxy) is 1. The van der Waals surface area contributed by atoms with E-state index < -0.39 is 24.9 Å². The average Bonchev–Trinajstić information content (AvgIpc) is 2.29. The third kappa shape index (κ3) is 2.95. The zero-order valence-electron chi connectivity index (χ0n) is 6.47. The fourth-order valence-corrected chi connectivity index (χ4v) is 1.16. The minimum absolute atomic E-state index is 0.0140. The largest absolute Gasteiger partial charge is 0.443 e. The highest BCUT2D eigenvalue weighted by atomic mass is 35.5. The third-order valence-electron chi connectivity index (χ3n) is 1.49. The van der Waals surface area contributed by atoms with Crippen LogP contribution in [0.1, 0.15) is 0 Å². The molecular weight excluding hydrogens is 211 g/mol. The van der Waals surface area contributed by atoms with Crippen LogP contribution in [0.2, 0.25) is 0 Å². The Morgan fingerprint density at radius 2 is 2.23 bits per heavy atom. The van der Waals surface area contributed by atoms with Gasteiger partial charge in [-0.1, -0.05) is 0 Å². The molecule has 76 valence electrons. The lowest BCUT2D eigenvalue weighted by molar-refractivity contribution is -0.138. The lowest BCUT2D eigenvalue weighted by Gasteiger charge is -2.14. The molecule has 0 aromatic rings. The van der Waals surface area contributed by atoms with Crippen LogP contribution in [0.15, 0.2) is 0 Å². The number of hydrogen-bond donors (Lipinski definition) is 0. The van der Waals surface area contributed by atoms with Crippen LogP contribution in [0, 0.1) is 0 Å². The van der Waals surface area contributed by atoms with E-state index >= 15 is 0 Å². The maximum atomic E-state index is 11.8. The summed E-state index contributed by atoms with van der Waals surface area (Å²) >= 11 is 5.32. The SMILES string of the molecule is O=C1OC(CCl)CN1CC(F)(F)F. The van der Waals surface area contributed by atoms with Gasteiger partial charge in [0.15, 0.2) is 0 Å². The Labute approximate surface area is 77.4 Å². The van der Waals surface area contributed by atoms with E-state index in [0.717, 1.165) is 0 Å². The minimum atomic E-state index is -4.39. The number of carbonyl (C=O) groups excluding carboxylic acids is 1. The quantitative estimate of drug-likeness (QED) is 0.658. The molecule has 0 radical (unpaired) electrons. The van der Waals surface area contributed by atoms with Crippen molar-refractivity contribution in [3.8, 4) is 0 Å². The summed E-state index contributed by atoms with van der Waals surface area (Å²) in [6, 6.07) is 0. The molecule has 1 aliphatic rings. The molecule has 1 saturated heterocycles. The predicted molar refractivity (Wildman–Crippen MR) is 38.6 cm³/mol. The van der Waals surface area contributed by atoms with Crippen LogP contribution < -0.4 is 0 Å². The second kappa shape index (κ2) is 3.61. The molecule has 0 aliphatic carbocycles. The lowest BCUT2D eigenvalue weighted by Crippen LogP contribution is -2.35. The monoisotopic (exact) mass is 217 g/mol. The van der Waals surface area contributed by atoms with Crippen molar-refractivity contribution in [1.29, 1.82) is 0 Å². The maximum Gasteiger partial charge on any atom is 0.410 e. The Balaban J connectivity index is 2.49. The first-order valence-corrected chi connectivity index (χ1v) is 4.04. The first kappa shape index (κ1) is 10.4. The number of cyclic esters (lactones) is 1. The predicted octanol–water partition coefficient (Wildman–Crippen LogP) is 1.61. The molecule has 0 aromatic heterocycles. The molecule has 13 heavy (non-hydrogen) atoms. The van der Waals surface area contributed by atoms with Crippen molar-refractivity contribution in [3.63, 3.8) is 0 Å². The minimum Gasteiger partial charge on any atom is -0.443 e. The summed E-state index contributed by atoms with van der Waals surface area (Å²) in [5.74, 6) is 0.0140. The molecule has 0 bridgehead atoms. The molecule has 0 aromatic carbocycles. The van der Waals surface area contributed by atoms with Crippen LogP contribution >= 0.6 is 11.6 Å². The molecule has 7 heteroatoms. The van der Waals surface area contributed by atoms with Crippen LogP contribution in [-0.2, 0) is 4.74 Å². The summed E-state index contributed by atoms with van der Waals surface area (Å²) < 4.78 is 40.0. The van der Waals surface area contributed by atoms with Crippen molar-refractivity contribution in [2.75, 3.05) is 19.0 Å². The van der Waals surface area contributed by atoms with E-state index in [2.05, 4.69) is 4.74 Å². The standard InChI is InChI=1S/C6H7ClF3NO2/c7-1-4-2-11(5(12)13-4)3-6(8,9)10/h4H,1-3H2. The number of alkyl halides is 4. The molecule has 1 fully saturated rings. The van der Waals surface area contributed by atoms with E-state index in [1.165, 1.54) is 0 Å². The van der Waals surface area contributed by atoms with Crippen LogP contribution in [0.3, 0.4) is 0 Å². The van der Waals surface area contributed by atoms with Crippen molar-refractivity contribution >= 4 is 17.7 Å². The maximum absolute atomic E-state index is 11.8. The molecule has 1 atom stereocenters. The Morgan fingerprint density at radius 3 is 2.62 bits per heavy atom. The lowest BCUT2D eigenvalue weighted by atomic mass is 10.4. The Bertz CT molecular complexity index is 209. The fraction of sp³-hybridized carbons (Fsp3) is 0.833. The second-order valence-electron chi connectivity index (χ2n) is 2.66. The third-order valence-corrected chi connectivity index (χ3v) is 1.84. The first-order chi connectivity index (χ1) is 5.92. The van der Waals surface area contributed by atoms with Gasteiger partial charge in [-0.05, 0) is 0 Å². The molecule has 1 unspecified atom stereocenters. The van der Waals surface area contributed by atoms with Gasteiger partial charge in [0.05, 0.1) is 12.4 Å². The molecule has 0 saturated carbocycles. The number of rotatable bonds is 2. The summed E-state index contributed by atoms with van der Waals surface area (Å²) in [6.07, 6.45) is -5.97.